The van der Waals surface area contributed by atoms with Crippen LogP contribution in [0.5, 0.6) is 0 Å². The summed E-state index contributed by atoms with van der Waals surface area (Å²) in [5, 5.41) is 6.78. The molecule has 1 aromatic rings. The number of hydrogen-bond donors (Lipinski definition) is 2. The second kappa shape index (κ2) is 8.77. The van der Waals surface area contributed by atoms with Gasteiger partial charge in [-0.25, -0.2) is 4.99 Å². The van der Waals surface area contributed by atoms with Gasteiger partial charge in [-0.15, -0.1) is 0 Å². The molecule has 3 rings (SSSR count). The summed E-state index contributed by atoms with van der Waals surface area (Å²) < 4.78 is 0. The Balaban J connectivity index is 1.66. The highest BCUT2D eigenvalue weighted by molar-refractivity contribution is 5.85. The molecule has 0 saturated heterocycles. The van der Waals surface area contributed by atoms with Crippen LogP contribution in [0.4, 0.5) is 0 Å². The molecule has 0 atom stereocenters. The van der Waals surface area contributed by atoms with Crippen molar-refractivity contribution in [3.63, 3.8) is 0 Å². The van der Waals surface area contributed by atoms with Crippen molar-refractivity contribution in [2.45, 2.75) is 58.4 Å². The molecule has 27 heavy (non-hydrogen) atoms. The van der Waals surface area contributed by atoms with E-state index in [1.807, 2.05) is 14.1 Å². The number of guanidine groups is 1. The normalized spacial score (nSPS) is 18.3. The summed E-state index contributed by atoms with van der Waals surface area (Å²) in [7, 11) is 3.71. The zero-order valence-corrected chi connectivity index (χ0v) is 17.1. The van der Waals surface area contributed by atoms with Crippen LogP contribution in [0.2, 0.25) is 0 Å². The van der Waals surface area contributed by atoms with Gasteiger partial charge in [-0.05, 0) is 55.7 Å². The number of hydrogen-bond acceptors (Lipinski definition) is 2. The largest absolute Gasteiger partial charge is 0.357 e. The first-order chi connectivity index (χ1) is 13.0. The molecule has 5 nitrogen and oxygen atoms in total. The topological polar surface area (TPSA) is 56.7 Å². The summed E-state index contributed by atoms with van der Waals surface area (Å²) in [5.41, 5.74) is 3.96. The van der Waals surface area contributed by atoms with Crippen LogP contribution in [0.3, 0.4) is 0 Å². The lowest BCUT2D eigenvalue weighted by molar-refractivity contribution is -0.138. The van der Waals surface area contributed by atoms with Crippen molar-refractivity contribution in [2.75, 3.05) is 27.2 Å². The standard InChI is InChI=1S/C22H34N4O/c1-4-23-21(24-15-17-10-11-18-8-7-9-19(18)14-17)25-16-22(12-5-6-13-22)20(27)26(2)3/h10-11,14H,4-9,12-13,15-16H2,1-3H3,(H2,23,24,25). The van der Waals surface area contributed by atoms with Crippen LogP contribution < -0.4 is 10.6 Å². The second-order valence-electron chi connectivity index (χ2n) is 8.19. The molecule has 1 amide bonds. The molecule has 2 aliphatic carbocycles. The number of fused-ring (bicyclic) bond motifs is 1. The van der Waals surface area contributed by atoms with E-state index in [9.17, 15) is 4.79 Å². The molecular formula is C22H34N4O. The van der Waals surface area contributed by atoms with E-state index in [4.69, 9.17) is 4.99 Å². The molecule has 0 bridgehead atoms. The predicted octanol–water partition coefficient (Wildman–Crippen LogP) is 2.88. The Hall–Kier alpha value is -2.04. The van der Waals surface area contributed by atoms with Crippen LogP contribution in [-0.4, -0.2) is 44.0 Å². The highest BCUT2D eigenvalue weighted by Crippen LogP contribution is 2.38. The number of benzene rings is 1. The lowest BCUT2D eigenvalue weighted by Crippen LogP contribution is -2.49. The maximum atomic E-state index is 12.8. The molecule has 2 aliphatic rings. The molecule has 1 saturated carbocycles. The third-order valence-electron chi connectivity index (χ3n) is 5.94. The lowest BCUT2D eigenvalue weighted by atomic mass is 9.84. The first-order valence-corrected chi connectivity index (χ1v) is 10.4. The van der Waals surface area contributed by atoms with E-state index in [0.29, 0.717) is 13.1 Å². The van der Waals surface area contributed by atoms with E-state index in [2.05, 4.69) is 35.8 Å². The van der Waals surface area contributed by atoms with Crippen molar-refractivity contribution in [1.29, 1.82) is 0 Å². The van der Waals surface area contributed by atoms with Crippen molar-refractivity contribution < 1.29 is 4.79 Å². The number of amides is 1. The Labute approximate surface area is 163 Å². The maximum Gasteiger partial charge on any atom is 0.230 e. The van der Waals surface area contributed by atoms with Gasteiger partial charge in [0.05, 0.1) is 12.0 Å². The van der Waals surface area contributed by atoms with Gasteiger partial charge < -0.3 is 15.5 Å². The lowest BCUT2D eigenvalue weighted by Gasteiger charge is -2.31. The first kappa shape index (κ1) is 19.7. The molecule has 1 aromatic carbocycles. The molecule has 5 heteroatoms. The van der Waals surface area contributed by atoms with Crippen LogP contribution >= 0.6 is 0 Å². The van der Waals surface area contributed by atoms with Crippen molar-refractivity contribution in [2.24, 2.45) is 10.4 Å². The van der Waals surface area contributed by atoms with Crippen LogP contribution in [0.25, 0.3) is 0 Å². The second-order valence-corrected chi connectivity index (χ2v) is 8.19. The number of rotatable bonds is 6. The minimum Gasteiger partial charge on any atom is -0.357 e. The third kappa shape index (κ3) is 4.63. The van der Waals surface area contributed by atoms with Gasteiger partial charge in [0.25, 0.3) is 0 Å². The zero-order chi connectivity index (χ0) is 19.3. The number of nitrogens with zero attached hydrogens (tertiary/aromatic N) is 2. The molecule has 0 radical (unpaired) electrons. The molecule has 2 N–H and O–H groups in total. The monoisotopic (exact) mass is 370 g/mol. The predicted molar refractivity (Wildman–Crippen MR) is 111 cm³/mol. The Morgan fingerprint density at radius 1 is 1.11 bits per heavy atom. The molecule has 0 aliphatic heterocycles. The molecule has 0 unspecified atom stereocenters. The number of carbonyl (C=O) groups excluding carboxylic acids is 1. The molecule has 1 fully saturated rings. The SMILES string of the molecule is CCNC(=NCc1ccc2c(c1)CCC2)NCC1(C(=O)N(C)C)CCCC1. The Bertz CT molecular complexity index is 690. The molecule has 0 spiro atoms. The van der Waals surface area contributed by atoms with Gasteiger partial charge in [0, 0.05) is 27.2 Å². The Morgan fingerprint density at radius 3 is 2.56 bits per heavy atom. The minimum atomic E-state index is -0.284. The Kier molecular flexibility index (Phi) is 6.40. The minimum absolute atomic E-state index is 0.238. The number of aryl methyl sites for hydroxylation is 2. The van der Waals surface area contributed by atoms with Gasteiger partial charge in [-0.1, -0.05) is 31.0 Å². The average Bonchev–Trinajstić information content (AvgIpc) is 3.32. The summed E-state index contributed by atoms with van der Waals surface area (Å²) >= 11 is 0. The van der Waals surface area contributed by atoms with Crippen LogP contribution in [0, 0.1) is 5.41 Å². The van der Waals surface area contributed by atoms with Gasteiger partial charge in [0.1, 0.15) is 0 Å². The highest BCUT2D eigenvalue weighted by atomic mass is 16.2. The smallest absolute Gasteiger partial charge is 0.230 e. The third-order valence-corrected chi connectivity index (χ3v) is 5.94. The fourth-order valence-corrected chi connectivity index (χ4v) is 4.48. The fraction of sp³-hybridized carbons (Fsp3) is 0.636. The van der Waals surface area contributed by atoms with Gasteiger partial charge >= 0.3 is 0 Å². The van der Waals surface area contributed by atoms with Crippen LogP contribution in [0.1, 0.15) is 55.7 Å². The molecular weight excluding hydrogens is 336 g/mol. The molecule has 148 valence electrons. The first-order valence-electron chi connectivity index (χ1n) is 10.4. The van der Waals surface area contributed by atoms with Crippen LogP contribution in [0.15, 0.2) is 23.2 Å². The summed E-state index contributed by atoms with van der Waals surface area (Å²) in [4.78, 5) is 19.3. The fourth-order valence-electron chi connectivity index (χ4n) is 4.48. The van der Waals surface area contributed by atoms with E-state index in [1.165, 1.54) is 36.0 Å². The van der Waals surface area contributed by atoms with E-state index in [1.54, 1.807) is 4.90 Å². The van der Waals surface area contributed by atoms with Crippen molar-refractivity contribution in [3.8, 4) is 0 Å². The van der Waals surface area contributed by atoms with Gasteiger partial charge in [0.2, 0.25) is 5.91 Å². The van der Waals surface area contributed by atoms with Crippen molar-refractivity contribution >= 4 is 11.9 Å². The highest BCUT2D eigenvalue weighted by Gasteiger charge is 2.42. The quantitative estimate of drug-likeness (QED) is 0.598. The van der Waals surface area contributed by atoms with Crippen molar-refractivity contribution in [1.82, 2.24) is 15.5 Å². The molecule has 0 heterocycles. The summed E-state index contributed by atoms with van der Waals surface area (Å²) in [6.45, 7) is 4.20. The van der Waals surface area contributed by atoms with E-state index in [-0.39, 0.29) is 11.3 Å². The number of aliphatic imine (C=N–C) groups is 1. The van der Waals surface area contributed by atoms with Gasteiger partial charge in [-0.3, -0.25) is 4.79 Å². The van der Waals surface area contributed by atoms with Crippen LogP contribution in [-0.2, 0) is 24.2 Å². The van der Waals surface area contributed by atoms with E-state index >= 15 is 0 Å². The Morgan fingerprint density at radius 2 is 1.85 bits per heavy atom. The summed E-state index contributed by atoms with van der Waals surface area (Å²) in [5.74, 6) is 1.04. The van der Waals surface area contributed by atoms with Crippen molar-refractivity contribution in [3.05, 3.63) is 34.9 Å². The maximum absolute atomic E-state index is 12.8. The van der Waals surface area contributed by atoms with E-state index in [0.717, 1.165) is 38.2 Å². The number of nitrogens with one attached hydrogen (secondary N) is 2. The van der Waals surface area contributed by atoms with E-state index < -0.39 is 0 Å². The van der Waals surface area contributed by atoms with Gasteiger partial charge in [-0.2, -0.15) is 0 Å². The zero-order valence-electron chi connectivity index (χ0n) is 17.1. The molecule has 0 aromatic heterocycles. The summed E-state index contributed by atoms with van der Waals surface area (Å²) in [6.07, 6.45) is 7.86. The van der Waals surface area contributed by atoms with Gasteiger partial charge in [0.15, 0.2) is 5.96 Å². The number of carbonyl (C=O) groups is 1. The average molecular weight is 371 g/mol. The summed E-state index contributed by atoms with van der Waals surface area (Å²) in [6, 6.07) is 6.77.